The molecule has 0 spiro atoms. The van der Waals surface area contributed by atoms with Crippen molar-refractivity contribution >= 4 is 17.5 Å². The number of hydrogen-bond donors (Lipinski definition) is 2. The molecule has 0 saturated carbocycles. The Hall–Kier alpha value is -2.39. The minimum absolute atomic E-state index is 0.0870. The first kappa shape index (κ1) is 19.7. The molecule has 1 unspecified atom stereocenters. The van der Waals surface area contributed by atoms with E-state index in [-0.39, 0.29) is 36.9 Å². The number of anilines is 1. The van der Waals surface area contributed by atoms with E-state index in [4.69, 9.17) is 5.26 Å². The van der Waals surface area contributed by atoms with Crippen molar-refractivity contribution in [2.45, 2.75) is 32.7 Å². The SMILES string of the molecule is C[NH+](CC(=O)NC(C)(C)C)CC(=O)N(CCC#N)c1ccccc1. The van der Waals surface area contributed by atoms with Gasteiger partial charge in [-0.15, -0.1) is 0 Å². The second-order valence-electron chi connectivity index (χ2n) is 6.90. The van der Waals surface area contributed by atoms with Crippen LogP contribution in [-0.2, 0) is 9.59 Å². The summed E-state index contributed by atoms with van der Waals surface area (Å²) in [6.07, 6.45) is 0.268. The summed E-state index contributed by atoms with van der Waals surface area (Å²) in [4.78, 5) is 27.0. The third kappa shape index (κ3) is 7.25. The van der Waals surface area contributed by atoms with Crippen molar-refractivity contribution in [2.24, 2.45) is 0 Å². The average molecular weight is 331 g/mol. The molecule has 130 valence electrons. The number of quaternary nitrogens is 1. The number of hydrogen-bond acceptors (Lipinski definition) is 3. The molecule has 24 heavy (non-hydrogen) atoms. The van der Waals surface area contributed by atoms with Gasteiger partial charge in [0.25, 0.3) is 11.8 Å². The first-order chi connectivity index (χ1) is 11.2. The number of rotatable bonds is 7. The van der Waals surface area contributed by atoms with E-state index in [0.29, 0.717) is 6.54 Å². The van der Waals surface area contributed by atoms with Crippen molar-refractivity contribution in [3.63, 3.8) is 0 Å². The Bertz CT molecular complexity index is 587. The quantitative estimate of drug-likeness (QED) is 0.757. The summed E-state index contributed by atoms with van der Waals surface area (Å²) in [6.45, 7) is 6.53. The third-order valence-corrected chi connectivity index (χ3v) is 3.25. The lowest BCUT2D eigenvalue weighted by molar-refractivity contribution is -0.862. The Morgan fingerprint density at radius 2 is 1.83 bits per heavy atom. The molecule has 6 heteroatoms. The number of carbonyl (C=O) groups is 2. The highest BCUT2D eigenvalue weighted by Crippen LogP contribution is 2.13. The highest BCUT2D eigenvalue weighted by molar-refractivity contribution is 5.94. The molecule has 1 atom stereocenters. The Labute approximate surface area is 144 Å². The second-order valence-corrected chi connectivity index (χ2v) is 6.90. The van der Waals surface area contributed by atoms with Crippen molar-refractivity contribution in [1.82, 2.24) is 5.32 Å². The van der Waals surface area contributed by atoms with E-state index in [1.807, 2.05) is 58.2 Å². The molecular formula is C18H27N4O2+. The van der Waals surface area contributed by atoms with Crippen LogP contribution in [0.5, 0.6) is 0 Å². The molecule has 0 radical (unpaired) electrons. The van der Waals surface area contributed by atoms with Crippen LogP contribution >= 0.6 is 0 Å². The van der Waals surface area contributed by atoms with Gasteiger partial charge in [-0.05, 0) is 32.9 Å². The largest absolute Gasteiger partial charge is 0.347 e. The highest BCUT2D eigenvalue weighted by atomic mass is 16.2. The number of likely N-dealkylation sites (N-methyl/N-ethyl adjacent to an activating group) is 1. The van der Waals surface area contributed by atoms with Gasteiger partial charge in [0.15, 0.2) is 13.1 Å². The van der Waals surface area contributed by atoms with Gasteiger partial charge in [0.2, 0.25) is 0 Å². The number of amides is 2. The van der Waals surface area contributed by atoms with E-state index in [0.717, 1.165) is 10.6 Å². The first-order valence-electron chi connectivity index (χ1n) is 8.07. The summed E-state index contributed by atoms with van der Waals surface area (Å²) in [5.74, 6) is -0.186. The highest BCUT2D eigenvalue weighted by Gasteiger charge is 2.22. The molecule has 0 aliphatic heterocycles. The fraction of sp³-hybridized carbons (Fsp3) is 0.500. The topological polar surface area (TPSA) is 77.6 Å². The van der Waals surface area contributed by atoms with E-state index in [1.165, 1.54) is 0 Å². The van der Waals surface area contributed by atoms with Crippen LogP contribution in [0.15, 0.2) is 30.3 Å². The van der Waals surface area contributed by atoms with Crippen molar-refractivity contribution in [3.05, 3.63) is 30.3 Å². The molecule has 0 heterocycles. The van der Waals surface area contributed by atoms with Gasteiger partial charge in [0.1, 0.15) is 0 Å². The summed E-state index contributed by atoms with van der Waals surface area (Å²) in [5, 5.41) is 11.7. The molecule has 0 aromatic heterocycles. The van der Waals surface area contributed by atoms with Crippen molar-refractivity contribution in [2.75, 3.05) is 31.6 Å². The van der Waals surface area contributed by atoms with Crippen molar-refractivity contribution in [3.8, 4) is 6.07 Å². The average Bonchev–Trinajstić information content (AvgIpc) is 2.46. The lowest BCUT2D eigenvalue weighted by Crippen LogP contribution is -3.11. The molecular weight excluding hydrogens is 304 g/mol. The van der Waals surface area contributed by atoms with E-state index < -0.39 is 0 Å². The van der Waals surface area contributed by atoms with Crippen LogP contribution in [0.2, 0.25) is 0 Å². The maximum Gasteiger partial charge on any atom is 0.282 e. The monoisotopic (exact) mass is 331 g/mol. The van der Waals surface area contributed by atoms with Gasteiger partial charge in [-0.3, -0.25) is 9.59 Å². The number of nitriles is 1. The molecule has 1 aromatic carbocycles. The van der Waals surface area contributed by atoms with Gasteiger partial charge in [0, 0.05) is 17.8 Å². The van der Waals surface area contributed by atoms with E-state index in [9.17, 15) is 9.59 Å². The summed E-state index contributed by atoms with van der Waals surface area (Å²) < 4.78 is 0. The minimum Gasteiger partial charge on any atom is -0.347 e. The predicted octanol–water partition coefficient (Wildman–Crippen LogP) is 0.363. The number of carbonyl (C=O) groups excluding carboxylic acids is 2. The zero-order chi connectivity index (χ0) is 18.2. The molecule has 1 aromatic rings. The van der Waals surface area contributed by atoms with Crippen LogP contribution in [0, 0.1) is 11.3 Å². The third-order valence-electron chi connectivity index (χ3n) is 3.25. The zero-order valence-corrected chi connectivity index (χ0v) is 14.9. The fourth-order valence-electron chi connectivity index (χ4n) is 2.32. The summed E-state index contributed by atoms with van der Waals surface area (Å²) in [5.41, 5.74) is 0.481. The molecule has 2 amide bonds. The molecule has 1 rings (SSSR count). The standard InChI is InChI=1S/C18H26N4O2/c1-18(2,3)20-16(23)13-21(4)14-17(24)22(12-8-11-19)15-9-6-5-7-10-15/h5-7,9-10H,8,12-14H2,1-4H3,(H,20,23)/p+1. The first-order valence-corrected chi connectivity index (χ1v) is 8.07. The van der Waals surface area contributed by atoms with Gasteiger partial charge in [-0.25, -0.2) is 0 Å². The molecule has 2 N–H and O–H groups in total. The zero-order valence-electron chi connectivity index (χ0n) is 14.9. The molecule has 0 aliphatic carbocycles. The van der Waals surface area contributed by atoms with Gasteiger partial charge in [-0.1, -0.05) is 18.2 Å². The van der Waals surface area contributed by atoms with Crippen molar-refractivity contribution in [1.29, 1.82) is 5.26 Å². The van der Waals surface area contributed by atoms with Crippen LogP contribution in [0.3, 0.4) is 0 Å². The minimum atomic E-state index is -0.287. The molecule has 0 fully saturated rings. The maximum atomic E-state index is 12.6. The van der Waals surface area contributed by atoms with Gasteiger partial charge in [-0.2, -0.15) is 5.26 Å². The van der Waals surface area contributed by atoms with Crippen LogP contribution in [0.1, 0.15) is 27.2 Å². The normalized spacial score (nSPS) is 12.1. The Morgan fingerprint density at radius 1 is 1.21 bits per heavy atom. The predicted molar refractivity (Wildman–Crippen MR) is 93.5 cm³/mol. The molecule has 0 aliphatic rings. The Morgan fingerprint density at radius 3 is 2.38 bits per heavy atom. The van der Waals surface area contributed by atoms with Crippen LogP contribution in [-0.4, -0.2) is 44.0 Å². The molecule has 0 bridgehead atoms. The Balaban J connectivity index is 2.67. The number of benzene rings is 1. The Kier molecular flexibility index (Phi) is 7.40. The summed E-state index contributed by atoms with van der Waals surface area (Å²) in [6, 6.07) is 11.4. The van der Waals surface area contributed by atoms with Gasteiger partial charge < -0.3 is 15.1 Å². The molecule has 6 nitrogen and oxygen atoms in total. The number of nitrogens with one attached hydrogen (secondary N) is 2. The van der Waals surface area contributed by atoms with Crippen LogP contribution < -0.4 is 15.1 Å². The number of para-hydroxylation sites is 1. The van der Waals surface area contributed by atoms with Crippen LogP contribution in [0.25, 0.3) is 0 Å². The van der Waals surface area contributed by atoms with E-state index in [2.05, 4.69) is 11.4 Å². The van der Waals surface area contributed by atoms with Gasteiger partial charge in [0.05, 0.1) is 19.5 Å². The number of nitrogens with zero attached hydrogens (tertiary/aromatic N) is 2. The second kappa shape index (κ2) is 9.04. The summed E-state index contributed by atoms with van der Waals surface area (Å²) in [7, 11) is 1.81. The lowest BCUT2D eigenvalue weighted by Gasteiger charge is -2.24. The summed E-state index contributed by atoms with van der Waals surface area (Å²) >= 11 is 0. The van der Waals surface area contributed by atoms with E-state index >= 15 is 0 Å². The van der Waals surface area contributed by atoms with E-state index in [1.54, 1.807) is 4.90 Å². The maximum absolute atomic E-state index is 12.6. The van der Waals surface area contributed by atoms with Crippen molar-refractivity contribution < 1.29 is 14.5 Å². The smallest absolute Gasteiger partial charge is 0.282 e. The van der Waals surface area contributed by atoms with Crippen LogP contribution in [0.4, 0.5) is 5.69 Å². The molecule has 0 saturated heterocycles. The fourth-order valence-corrected chi connectivity index (χ4v) is 2.32. The van der Waals surface area contributed by atoms with Gasteiger partial charge >= 0.3 is 0 Å². The lowest BCUT2D eigenvalue weighted by atomic mass is 10.1.